The molecular weight excluding hydrogens is 274 g/mol. The number of pyridine rings is 1. The lowest BCUT2D eigenvalue weighted by Gasteiger charge is -2.04. The van der Waals surface area contributed by atoms with Crippen LogP contribution >= 0.6 is 15.9 Å². The van der Waals surface area contributed by atoms with Gasteiger partial charge in [0.15, 0.2) is 5.69 Å². The molecule has 0 atom stereocenters. The molecule has 16 heavy (non-hydrogen) atoms. The molecule has 0 aliphatic heterocycles. The first kappa shape index (κ1) is 10.8. The first-order valence-corrected chi connectivity index (χ1v) is 5.31. The highest BCUT2D eigenvalue weighted by molar-refractivity contribution is 9.10. The summed E-state index contributed by atoms with van der Waals surface area (Å²) in [5.41, 5.74) is 0.694. The van der Waals surface area contributed by atoms with Crippen molar-refractivity contribution < 1.29 is 9.90 Å². The van der Waals surface area contributed by atoms with Gasteiger partial charge in [0.05, 0.1) is 17.2 Å². The highest BCUT2D eigenvalue weighted by atomic mass is 79.9. The SMILES string of the molecule is O=C(O)c1ncccc1Cn1cc(Br)cn1. The number of aromatic nitrogens is 3. The third-order valence-corrected chi connectivity index (χ3v) is 2.44. The number of nitrogens with zero attached hydrogens (tertiary/aromatic N) is 3. The van der Waals surface area contributed by atoms with E-state index >= 15 is 0 Å². The van der Waals surface area contributed by atoms with Crippen molar-refractivity contribution in [1.82, 2.24) is 14.8 Å². The van der Waals surface area contributed by atoms with Crippen molar-refractivity contribution >= 4 is 21.9 Å². The Balaban J connectivity index is 2.31. The molecular formula is C10H8BrN3O2. The van der Waals surface area contributed by atoms with E-state index in [4.69, 9.17) is 5.11 Å². The number of carbonyl (C=O) groups is 1. The predicted octanol–water partition coefficient (Wildman–Crippen LogP) is 1.79. The molecule has 0 spiro atoms. The van der Waals surface area contributed by atoms with Crippen molar-refractivity contribution in [2.45, 2.75) is 6.54 Å². The van der Waals surface area contributed by atoms with Gasteiger partial charge in [-0.1, -0.05) is 6.07 Å². The minimum Gasteiger partial charge on any atom is -0.477 e. The lowest BCUT2D eigenvalue weighted by Crippen LogP contribution is -2.09. The monoisotopic (exact) mass is 281 g/mol. The standard InChI is InChI=1S/C10H8BrN3O2/c11-8-4-13-14(6-8)5-7-2-1-3-12-9(7)10(15)16/h1-4,6H,5H2,(H,15,16). The molecule has 0 aliphatic rings. The number of carboxylic acids is 1. The van der Waals surface area contributed by atoms with Gasteiger partial charge in [0.25, 0.3) is 0 Å². The average Bonchev–Trinajstić information content (AvgIpc) is 2.64. The number of hydrogen-bond acceptors (Lipinski definition) is 3. The van der Waals surface area contributed by atoms with Crippen molar-refractivity contribution in [3.63, 3.8) is 0 Å². The summed E-state index contributed by atoms with van der Waals surface area (Å²) in [7, 11) is 0. The van der Waals surface area contributed by atoms with Crippen LogP contribution in [0, 0.1) is 0 Å². The van der Waals surface area contributed by atoms with Crippen LogP contribution in [0.4, 0.5) is 0 Å². The molecule has 6 heteroatoms. The van der Waals surface area contributed by atoms with Gasteiger partial charge in [0, 0.05) is 18.0 Å². The van der Waals surface area contributed by atoms with E-state index in [2.05, 4.69) is 26.0 Å². The Bertz CT molecular complexity index is 524. The number of rotatable bonds is 3. The molecule has 0 saturated heterocycles. The first-order valence-electron chi connectivity index (χ1n) is 4.52. The Morgan fingerprint density at radius 3 is 3.00 bits per heavy atom. The molecule has 0 aromatic carbocycles. The van der Waals surface area contributed by atoms with E-state index in [0.717, 1.165) is 4.47 Å². The third-order valence-electron chi connectivity index (χ3n) is 2.03. The molecule has 0 saturated carbocycles. The van der Waals surface area contributed by atoms with Gasteiger partial charge in [-0.2, -0.15) is 5.10 Å². The smallest absolute Gasteiger partial charge is 0.354 e. The van der Waals surface area contributed by atoms with E-state index in [1.54, 1.807) is 29.2 Å². The van der Waals surface area contributed by atoms with Crippen molar-refractivity contribution in [3.8, 4) is 0 Å². The maximum atomic E-state index is 10.9. The van der Waals surface area contributed by atoms with Crippen molar-refractivity contribution in [3.05, 3.63) is 46.5 Å². The van der Waals surface area contributed by atoms with Crippen LogP contribution in [-0.2, 0) is 6.54 Å². The number of aromatic carboxylic acids is 1. The summed E-state index contributed by atoms with van der Waals surface area (Å²) in [5, 5.41) is 13.0. The molecule has 82 valence electrons. The molecule has 2 rings (SSSR count). The molecule has 0 radical (unpaired) electrons. The zero-order chi connectivity index (χ0) is 11.5. The van der Waals surface area contributed by atoms with Gasteiger partial charge in [-0.05, 0) is 22.0 Å². The summed E-state index contributed by atoms with van der Waals surface area (Å²) in [5.74, 6) is -1.03. The van der Waals surface area contributed by atoms with Crippen molar-refractivity contribution in [2.24, 2.45) is 0 Å². The summed E-state index contributed by atoms with van der Waals surface area (Å²) >= 11 is 3.28. The second-order valence-electron chi connectivity index (χ2n) is 3.17. The van der Waals surface area contributed by atoms with Gasteiger partial charge in [0.1, 0.15) is 0 Å². The molecule has 2 aromatic rings. The molecule has 2 heterocycles. The van der Waals surface area contributed by atoms with E-state index in [1.165, 1.54) is 6.20 Å². The molecule has 2 aromatic heterocycles. The lowest BCUT2D eigenvalue weighted by molar-refractivity contribution is 0.0689. The fourth-order valence-corrected chi connectivity index (χ4v) is 1.69. The lowest BCUT2D eigenvalue weighted by atomic mass is 10.2. The molecule has 0 fully saturated rings. The maximum Gasteiger partial charge on any atom is 0.354 e. The largest absolute Gasteiger partial charge is 0.477 e. The molecule has 0 unspecified atom stereocenters. The zero-order valence-electron chi connectivity index (χ0n) is 8.17. The van der Waals surface area contributed by atoms with E-state index < -0.39 is 5.97 Å². The number of carboxylic acid groups (broad SMARTS) is 1. The fourth-order valence-electron chi connectivity index (χ4n) is 1.36. The quantitative estimate of drug-likeness (QED) is 0.931. The van der Waals surface area contributed by atoms with Crippen LogP contribution in [0.3, 0.4) is 0 Å². The summed E-state index contributed by atoms with van der Waals surface area (Å²) in [6.07, 6.45) is 4.89. The van der Waals surface area contributed by atoms with Crippen LogP contribution in [0.5, 0.6) is 0 Å². The van der Waals surface area contributed by atoms with Crippen LogP contribution in [0.15, 0.2) is 35.2 Å². The predicted molar refractivity (Wildman–Crippen MR) is 60.2 cm³/mol. The second kappa shape index (κ2) is 4.44. The van der Waals surface area contributed by atoms with Crippen LogP contribution in [0.1, 0.15) is 16.1 Å². The highest BCUT2D eigenvalue weighted by Crippen LogP contribution is 2.11. The van der Waals surface area contributed by atoms with Gasteiger partial charge < -0.3 is 5.11 Å². The van der Waals surface area contributed by atoms with E-state index in [9.17, 15) is 4.79 Å². The minimum absolute atomic E-state index is 0.0640. The van der Waals surface area contributed by atoms with Crippen LogP contribution in [0.2, 0.25) is 0 Å². The Morgan fingerprint density at radius 1 is 1.56 bits per heavy atom. The van der Waals surface area contributed by atoms with Gasteiger partial charge in [0.2, 0.25) is 0 Å². The van der Waals surface area contributed by atoms with E-state index in [0.29, 0.717) is 12.1 Å². The Labute approximate surface area is 99.9 Å². The van der Waals surface area contributed by atoms with Gasteiger partial charge in [-0.3, -0.25) is 4.68 Å². The van der Waals surface area contributed by atoms with Gasteiger partial charge in [-0.25, -0.2) is 9.78 Å². The normalized spacial score (nSPS) is 10.3. The second-order valence-corrected chi connectivity index (χ2v) is 4.09. The third kappa shape index (κ3) is 2.27. The zero-order valence-corrected chi connectivity index (χ0v) is 9.75. The Morgan fingerprint density at radius 2 is 2.38 bits per heavy atom. The number of hydrogen-bond donors (Lipinski definition) is 1. The Kier molecular flexibility index (Phi) is 3.00. The Hall–Kier alpha value is -1.69. The molecule has 5 nitrogen and oxygen atoms in total. The average molecular weight is 282 g/mol. The summed E-state index contributed by atoms with van der Waals surface area (Å²) in [6.45, 7) is 0.390. The summed E-state index contributed by atoms with van der Waals surface area (Å²) < 4.78 is 2.50. The van der Waals surface area contributed by atoms with Crippen LogP contribution in [0.25, 0.3) is 0 Å². The van der Waals surface area contributed by atoms with E-state index in [-0.39, 0.29) is 5.69 Å². The summed E-state index contributed by atoms with van der Waals surface area (Å²) in [4.78, 5) is 14.7. The van der Waals surface area contributed by atoms with Crippen LogP contribution < -0.4 is 0 Å². The highest BCUT2D eigenvalue weighted by Gasteiger charge is 2.11. The first-order chi connectivity index (χ1) is 7.66. The minimum atomic E-state index is -1.03. The fraction of sp³-hybridized carbons (Fsp3) is 0.100. The molecule has 1 N–H and O–H groups in total. The van der Waals surface area contributed by atoms with Crippen LogP contribution in [-0.4, -0.2) is 25.8 Å². The molecule has 0 aliphatic carbocycles. The summed E-state index contributed by atoms with van der Waals surface area (Å²) in [6, 6.07) is 3.44. The van der Waals surface area contributed by atoms with Gasteiger partial charge in [-0.15, -0.1) is 0 Å². The van der Waals surface area contributed by atoms with Gasteiger partial charge >= 0.3 is 5.97 Å². The molecule has 0 amide bonds. The number of halogens is 1. The maximum absolute atomic E-state index is 10.9. The van der Waals surface area contributed by atoms with E-state index in [1.807, 2.05) is 0 Å². The van der Waals surface area contributed by atoms with Crippen molar-refractivity contribution in [2.75, 3.05) is 0 Å². The topological polar surface area (TPSA) is 68.0 Å². The molecule has 0 bridgehead atoms. The van der Waals surface area contributed by atoms with Crippen molar-refractivity contribution in [1.29, 1.82) is 0 Å².